The largest absolute Gasteiger partial charge is 0.481 e. The molecule has 0 aliphatic carbocycles. The molecule has 5 nitrogen and oxygen atoms in total. The Morgan fingerprint density at radius 2 is 2.41 bits per heavy atom. The summed E-state index contributed by atoms with van der Waals surface area (Å²) in [5, 5.41) is 9.17. The molecule has 0 radical (unpaired) electrons. The SMILES string of the molecule is CCn1ccnc1CN1CCC(C)(C(=O)O)C1. The van der Waals surface area contributed by atoms with Crippen LogP contribution in [0.15, 0.2) is 12.4 Å². The standard InChI is InChI=1S/C12H19N3O2/c1-3-15-7-5-13-10(15)8-14-6-4-12(2,9-14)11(16)17/h5,7H,3-4,6,8-9H2,1-2H3,(H,16,17). The molecular weight excluding hydrogens is 218 g/mol. The average Bonchev–Trinajstić information content (AvgIpc) is 2.87. The molecule has 0 saturated carbocycles. The summed E-state index contributed by atoms with van der Waals surface area (Å²) >= 11 is 0. The van der Waals surface area contributed by atoms with Crippen molar-refractivity contribution in [2.24, 2.45) is 5.41 Å². The van der Waals surface area contributed by atoms with Crippen LogP contribution in [0.4, 0.5) is 0 Å². The van der Waals surface area contributed by atoms with Crippen molar-refractivity contribution in [3.8, 4) is 0 Å². The van der Waals surface area contributed by atoms with E-state index in [1.165, 1.54) is 0 Å². The summed E-state index contributed by atoms with van der Waals surface area (Å²) in [5.74, 6) is 0.320. The lowest BCUT2D eigenvalue weighted by molar-refractivity contribution is -0.147. The Kier molecular flexibility index (Phi) is 3.19. The van der Waals surface area contributed by atoms with Gasteiger partial charge in [0.2, 0.25) is 0 Å². The van der Waals surface area contributed by atoms with Crippen molar-refractivity contribution in [1.29, 1.82) is 0 Å². The van der Waals surface area contributed by atoms with Gasteiger partial charge < -0.3 is 9.67 Å². The molecule has 1 N–H and O–H groups in total. The van der Waals surface area contributed by atoms with Crippen molar-refractivity contribution in [2.75, 3.05) is 13.1 Å². The molecule has 0 amide bonds. The molecule has 0 bridgehead atoms. The van der Waals surface area contributed by atoms with Crippen LogP contribution in [0.2, 0.25) is 0 Å². The second kappa shape index (κ2) is 4.49. The van der Waals surface area contributed by atoms with E-state index in [9.17, 15) is 4.79 Å². The maximum atomic E-state index is 11.1. The van der Waals surface area contributed by atoms with E-state index in [1.807, 2.05) is 13.1 Å². The molecule has 1 fully saturated rings. The highest BCUT2D eigenvalue weighted by atomic mass is 16.4. The summed E-state index contributed by atoms with van der Waals surface area (Å²) in [7, 11) is 0. The van der Waals surface area contributed by atoms with E-state index in [0.29, 0.717) is 6.54 Å². The van der Waals surface area contributed by atoms with Crippen molar-refractivity contribution in [1.82, 2.24) is 14.5 Å². The smallest absolute Gasteiger partial charge is 0.310 e. The number of carbonyl (C=O) groups is 1. The van der Waals surface area contributed by atoms with Gasteiger partial charge in [0.25, 0.3) is 0 Å². The number of aliphatic carboxylic acids is 1. The van der Waals surface area contributed by atoms with Gasteiger partial charge in [0, 0.05) is 25.5 Å². The summed E-state index contributed by atoms with van der Waals surface area (Å²) in [5.41, 5.74) is -0.594. The quantitative estimate of drug-likeness (QED) is 0.855. The van der Waals surface area contributed by atoms with Gasteiger partial charge in [-0.05, 0) is 26.8 Å². The third-order valence-electron chi connectivity index (χ3n) is 3.58. The maximum Gasteiger partial charge on any atom is 0.310 e. The highest BCUT2D eigenvalue weighted by Gasteiger charge is 2.40. The first-order valence-corrected chi connectivity index (χ1v) is 6.01. The van der Waals surface area contributed by atoms with Crippen LogP contribution in [0, 0.1) is 5.41 Å². The van der Waals surface area contributed by atoms with Crippen LogP contribution in [0.3, 0.4) is 0 Å². The highest BCUT2D eigenvalue weighted by molar-refractivity contribution is 5.74. The average molecular weight is 237 g/mol. The van der Waals surface area contributed by atoms with Gasteiger partial charge in [-0.15, -0.1) is 0 Å². The van der Waals surface area contributed by atoms with Gasteiger partial charge in [-0.1, -0.05) is 0 Å². The lowest BCUT2D eigenvalue weighted by Gasteiger charge is -2.20. The Bertz CT molecular complexity index is 416. The van der Waals surface area contributed by atoms with Crippen molar-refractivity contribution in [3.05, 3.63) is 18.2 Å². The zero-order valence-corrected chi connectivity index (χ0v) is 10.4. The Morgan fingerprint density at radius 1 is 1.65 bits per heavy atom. The molecule has 1 aliphatic rings. The summed E-state index contributed by atoms with van der Waals surface area (Å²) in [6, 6.07) is 0. The van der Waals surface area contributed by atoms with E-state index in [4.69, 9.17) is 5.11 Å². The van der Waals surface area contributed by atoms with Crippen LogP contribution in [0.25, 0.3) is 0 Å². The summed E-state index contributed by atoms with van der Waals surface area (Å²) in [4.78, 5) is 17.6. The first-order valence-electron chi connectivity index (χ1n) is 6.01. The lowest BCUT2D eigenvalue weighted by atomic mass is 9.90. The van der Waals surface area contributed by atoms with Gasteiger partial charge in [0.05, 0.1) is 12.0 Å². The number of aryl methyl sites for hydroxylation is 1. The molecule has 17 heavy (non-hydrogen) atoms. The third kappa shape index (κ3) is 2.34. The molecule has 1 saturated heterocycles. The van der Waals surface area contributed by atoms with Crippen LogP contribution in [-0.4, -0.2) is 38.6 Å². The molecule has 1 aromatic rings. The van der Waals surface area contributed by atoms with Crippen molar-refractivity contribution >= 4 is 5.97 Å². The van der Waals surface area contributed by atoms with E-state index in [1.54, 1.807) is 6.20 Å². The van der Waals surface area contributed by atoms with E-state index < -0.39 is 11.4 Å². The molecule has 0 aromatic carbocycles. The first kappa shape index (κ1) is 12.1. The number of nitrogens with zero attached hydrogens (tertiary/aromatic N) is 3. The number of hydrogen-bond donors (Lipinski definition) is 1. The lowest BCUT2D eigenvalue weighted by Crippen LogP contribution is -2.32. The van der Waals surface area contributed by atoms with Gasteiger partial charge in [-0.2, -0.15) is 0 Å². The van der Waals surface area contributed by atoms with Crippen LogP contribution in [-0.2, 0) is 17.9 Å². The fraction of sp³-hybridized carbons (Fsp3) is 0.667. The zero-order valence-electron chi connectivity index (χ0n) is 10.4. The van der Waals surface area contributed by atoms with Gasteiger partial charge in [-0.3, -0.25) is 9.69 Å². The minimum Gasteiger partial charge on any atom is -0.481 e. The van der Waals surface area contributed by atoms with Crippen molar-refractivity contribution in [2.45, 2.75) is 33.4 Å². The number of hydrogen-bond acceptors (Lipinski definition) is 3. The molecule has 0 spiro atoms. The Labute approximate surface area is 101 Å². The summed E-state index contributed by atoms with van der Waals surface area (Å²) in [6.45, 7) is 6.99. The van der Waals surface area contributed by atoms with E-state index in [2.05, 4.69) is 21.4 Å². The third-order valence-corrected chi connectivity index (χ3v) is 3.58. The molecule has 1 aromatic heterocycles. The Hall–Kier alpha value is -1.36. The molecule has 2 heterocycles. The monoisotopic (exact) mass is 237 g/mol. The number of carboxylic acid groups (broad SMARTS) is 1. The minimum atomic E-state index is -0.696. The first-order chi connectivity index (χ1) is 8.05. The number of rotatable bonds is 4. The van der Waals surface area contributed by atoms with Gasteiger partial charge in [0.15, 0.2) is 0 Å². The second-order valence-electron chi connectivity index (χ2n) is 4.96. The van der Waals surface area contributed by atoms with Gasteiger partial charge in [0.1, 0.15) is 5.82 Å². The van der Waals surface area contributed by atoms with Crippen molar-refractivity contribution in [3.63, 3.8) is 0 Å². The summed E-state index contributed by atoms with van der Waals surface area (Å²) in [6.07, 6.45) is 4.47. The minimum absolute atomic E-state index is 0.594. The second-order valence-corrected chi connectivity index (χ2v) is 4.96. The Balaban J connectivity index is 2.01. The molecule has 1 aliphatic heterocycles. The number of carboxylic acids is 1. The number of aromatic nitrogens is 2. The highest BCUT2D eigenvalue weighted by Crippen LogP contribution is 2.30. The number of likely N-dealkylation sites (tertiary alicyclic amines) is 1. The molecule has 2 rings (SSSR count). The topological polar surface area (TPSA) is 58.4 Å². The van der Waals surface area contributed by atoms with E-state index >= 15 is 0 Å². The number of imidazole rings is 1. The molecule has 5 heteroatoms. The molecular formula is C12H19N3O2. The molecule has 94 valence electrons. The van der Waals surface area contributed by atoms with Gasteiger partial charge >= 0.3 is 5.97 Å². The van der Waals surface area contributed by atoms with E-state index in [0.717, 1.165) is 31.9 Å². The van der Waals surface area contributed by atoms with Crippen LogP contribution < -0.4 is 0 Å². The van der Waals surface area contributed by atoms with Crippen LogP contribution in [0.5, 0.6) is 0 Å². The molecule has 1 unspecified atom stereocenters. The van der Waals surface area contributed by atoms with E-state index in [-0.39, 0.29) is 0 Å². The zero-order chi connectivity index (χ0) is 12.5. The predicted octanol–water partition coefficient (Wildman–Crippen LogP) is 1.20. The fourth-order valence-electron chi connectivity index (χ4n) is 2.35. The summed E-state index contributed by atoms with van der Waals surface area (Å²) < 4.78 is 2.09. The fourth-order valence-corrected chi connectivity index (χ4v) is 2.35. The van der Waals surface area contributed by atoms with Gasteiger partial charge in [-0.25, -0.2) is 4.98 Å². The Morgan fingerprint density at radius 3 is 3.00 bits per heavy atom. The van der Waals surface area contributed by atoms with Crippen LogP contribution >= 0.6 is 0 Å². The molecule has 1 atom stereocenters. The maximum absolute atomic E-state index is 11.1. The normalized spacial score (nSPS) is 25.3. The van der Waals surface area contributed by atoms with Crippen molar-refractivity contribution < 1.29 is 9.90 Å². The van der Waals surface area contributed by atoms with Crippen LogP contribution in [0.1, 0.15) is 26.1 Å². The predicted molar refractivity (Wildman–Crippen MR) is 63.5 cm³/mol.